The SMILES string of the molecule is CC[C@@H](O)[C@@H]1CN(C)C(=O)c2c3c(nn2C1)CCN(C(=O)Nc1ccc(F)c(C#N)c1)C3. The van der Waals surface area contributed by atoms with Crippen LogP contribution in [0.25, 0.3) is 0 Å². The third kappa shape index (κ3) is 3.91. The van der Waals surface area contributed by atoms with Crippen LogP contribution in [0.5, 0.6) is 0 Å². The summed E-state index contributed by atoms with van der Waals surface area (Å²) in [6.07, 6.45) is 0.551. The summed E-state index contributed by atoms with van der Waals surface area (Å²) in [4.78, 5) is 29.1. The Morgan fingerprint density at radius 3 is 2.94 bits per heavy atom. The van der Waals surface area contributed by atoms with Crippen molar-refractivity contribution in [3.8, 4) is 6.07 Å². The Morgan fingerprint density at radius 2 is 2.22 bits per heavy atom. The molecular weight excluding hydrogens is 415 g/mol. The molecule has 2 aliphatic heterocycles. The number of rotatable bonds is 3. The van der Waals surface area contributed by atoms with Gasteiger partial charge in [0.25, 0.3) is 5.91 Å². The van der Waals surface area contributed by atoms with Gasteiger partial charge in [0.05, 0.1) is 23.9 Å². The summed E-state index contributed by atoms with van der Waals surface area (Å²) in [5.41, 5.74) is 2.12. The van der Waals surface area contributed by atoms with Crippen LogP contribution in [0.15, 0.2) is 18.2 Å². The summed E-state index contributed by atoms with van der Waals surface area (Å²) >= 11 is 0. The van der Waals surface area contributed by atoms with E-state index in [-0.39, 0.29) is 23.9 Å². The summed E-state index contributed by atoms with van der Waals surface area (Å²) in [5.74, 6) is -0.947. The monoisotopic (exact) mass is 440 g/mol. The van der Waals surface area contributed by atoms with E-state index in [4.69, 9.17) is 5.26 Å². The molecule has 0 spiro atoms. The van der Waals surface area contributed by atoms with E-state index in [0.717, 1.165) is 11.8 Å². The number of aromatic nitrogens is 2. The first-order chi connectivity index (χ1) is 15.3. The molecule has 3 heterocycles. The van der Waals surface area contributed by atoms with Gasteiger partial charge in [-0.15, -0.1) is 0 Å². The molecule has 4 rings (SSSR count). The standard InChI is InChI=1S/C22H25FN6O3/c1-3-19(30)14-10-27(2)21(31)20-16-12-28(7-6-18(16)26-29(20)11-14)22(32)25-15-4-5-17(23)13(8-15)9-24/h4-5,8,14,19,30H,3,6-7,10-12H2,1-2H3,(H,25,32)/t14-,19-/m1/s1. The molecule has 0 unspecified atom stereocenters. The Bertz CT molecular complexity index is 1110. The van der Waals surface area contributed by atoms with Crippen molar-refractivity contribution in [3.63, 3.8) is 0 Å². The summed E-state index contributed by atoms with van der Waals surface area (Å²) in [5, 5.41) is 26.7. The predicted molar refractivity (Wildman–Crippen MR) is 113 cm³/mol. The number of hydrogen-bond donors (Lipinski definition) is 2. The fourth-order valence-corrected chi connectivity index (χ4v) is 4.33. The van der Waals surface area contributed by atoms with E-state index >= 15 is 0 Å². The molecule has 1 aromatic heterocycles. The van der Waals surface area contributed by atoms with Crippen molar-refractivity contribution < 1.29 is 19.1 Å². The fraction of sp³-hybridized carbons (Fsp3) is 0.455. The number of anilines is 1. The fourth-order valence-electron chi connectivity index (χ4n) is 4.33. The number of nitriles is 1. The van der Waals surface area contributed by atoms with Crippen LogP contribution in [0, 0.1) is 23.1 Å². The molecule has 0 aliphatic carbocycles. The van der Waals surface area contributed by atoms with Crippen molar-refractivity contribution in [1.29, 1.82) is 5.26 Å². The van der Waals surface area contributed by atoms with E-state index in [1.165, 1.54) is 12.1 Å². The van der Waals surface area contributed by atoms with Gasteiger partial charge in [0.1, 0.15) is 17.6 Å². The number of aliphatic hydroxyl groups is 1. The maximum Gasteiger partial charge on any atom is 0.322 e. The molecule has 2 aromatic rings. The second-order valence-corrected chi connectivity index (χ2v) is 8.29. The van der Waals surface area contributed by atoms with Crippen LogP contribution in [0.4, 0.5) is 14.9 Å². The van der Waals surface area contributed by atoms with Gasteiger partial charge < -0.3 is 20.2 Å². The number of amides is 3. The molecule has 1 aromatic carbocycles. The van der Waals surface area contributed by atoms with Gasteiger partial charge in [-0.1, -0.05) is 6.92 Å². The van der Waals surface area contributed by atoms with Crippen molar-refractivity contribution in [3.05, 3.63) is 46.5 Å². The highest BCUT2D eigenvalue weighted by Crippen LogP contribution is 2.28. The second kappa shape index (κ2) is 8.59. The lowest BCUT2D eigenvalue weighted by molar-refractivity contribution is 0.0626. The van der Waals surface area contributed by atoms with Crippen LogP contribution in [-0.4, -0.2) is 62.9 Å². The number of carbonyl (C=O) groups is 2. The van der Waals surface area contributed by atoms with Crippen LogP contribution in [0.3, 0.4) is 0 Å². The average molecular weight is 440 g/mol. The van der Waals surface area contributed by atoms with Gasteiger partial charge in [-0.2, -0.15) is 10.4 Å². The summed E-state index contributed by atoms with van der Waals surface area (Å²) in [7, 11) is 1.71. The molecule has 10 heteroatoms. The Labute approximate surface area is 185 Å². The van der Waals surface area contributed by atoms with E-state index in [2.05, 4.69) is 10.4 Å². The highest BCUT2D eigenvalue weighted by atomic mass is 19.1. The molecule has 0 saturated heterocycles. The smallest absolute Gasteiger partial charge is 0.322 e. The van der Waals surface area contributed by atoms with Crippen molar-refractivity contribution >= 4 is 17.6 Å². The molecule has 32 heavy (non-hydrogen) atoms. The predicted octanol–water partition coefficient (Wildman–Crippen LogP) is 1.96. The molecule has 2 aliphatic rings. The molecule has 2 N–H and O–H groups in total. The maximum atomic E-state index is 13.5. The highest BCUT2D eigenvalue weighted by Gasteiger charge is 2.36. The topological polar surface area (TPSA) is 114 Å². The van der Waals surface area contributed by atoms with Crippen LogP contribution >= 0.6 is 0 Å². The van der Waals surface area contributed by atoms with Gasteiger partial charge in [-0.05, 0) is 24.6 Å². The van der Waals surface area contributed by atoms with E-state index in [9.17, 15) is 19.1 Å². The Hall–Kier alpha value is -3.45. The lowest BCUT2D eigenvalue weighted by Crippen LogP contribution is -2.40. The van der Waals surface area contributed by atoms with Gasteiger partial charge >= 0.3 is 6.03 Å². The van der Waals surface area contributed by atoms with Crippen molar-refractivity contribution in [2.45, 2.75) is 39.0 Å². The van der Waals surface area contributed by atoms with Crippen LogP contribution in [-0.2, 0) is 19.5 Å². The lowest BCUT2D eigenvalue weighted by atomic mass is 10.0. The second-order valence-electron chi connectivity index (χ2n) is 8.29. The van der Waals surface area contributed by atoms with Gasteiger partial charge in [-0.25, -0.2) is 9.18 Å². The summed E-state index contributed by atoms with van der Waals surface area (Å²) < 4.78 is 15.2. The van der Waals surface area contributed by atoms with E-state index < -0.39 is 18.0 Å². The number of nitrogens with one attached hydrogen (secondary N) is 1. The van der Waals surface area contributed by atoms with Crippen LogP contribution in [0.1, 0.15) is 40.7 Å². The first-order valence-corrected chi connectivity index (χ1v) is 10.6. The minimum atomic E-state index is -0.648. The average Bonchev–Trinajstić information content (AvgIpc) is 3.09. The number of carbonyl (C=O) groups excluding carboxylic acids is 2. The maximum absolute atomic E-state index is 13.5. The summed E-state index contributed by atoms with van der Waals surface area (Å²) in [6, 6.07) is 5.16. The number of halogens is 1. The number of benzene rings is 1. The Morgan fingerprint density at radius 1 is 1.44 bits per heavy atom. The highest BCUT2D eigenvalue weighted by molar-refractivity contribution is 5.95. The van der Waals surface area contributed by atoms with Crippen LogP contribution < -0.4 is 5.32 Å². The normalized spacial score (nSPS) is 19.0. The first-order valence-electron chi connectivity index (χ1n) is 10.6. The largest absolute Gasteiger partial charge is 0.393 e. The lowest BCUT2D eigenvalue weighted by Gasteiger charge is -2.27. The minimum Gasteiger partial charge on any atom is -0.393 e. The third-order valence-corrected chi connectivity index (χ3v) is 6.15. The van der Waals surface area contributed by atoms with E-state index in [0.29, 0.717) is 49.4 Å². The van der Waals surface area contributed by atoms with Crippen molar-refractivity contribution in [2.75, 3.05) is 25.5 Å². The minimum absolute atomic E-state index is 0.122. The Balaban J connectivity index is 1.57. The zero-order valence-electron chi connectivity index (χ0n) is 18.0. The van der Waals surface area contributed by atoms with Crippen molar-refractivity contribution in [2.24, 2.45) is 5.92 Å². The molecule has 168 valence electrons. The molecule has 0 radical (unpaired) electrons. The number of hydrogen-bond acceptors (Lipinski definition) is 5. The number of fused-ring (bicyclic) bond motifs is 3. The molecule has 3 amide bonds. The molecule has 2 atom stereocenters. The Kier molecular flexibility index (Phi) is 5.84. The van der Waals surface area contributed by atoms with Gasteiger partial charge in [0.15, 0.2) is 0 Å². The molecule has 0 bridgehead atoms. The molecule has 0 saturated carbocycles. The van der Waals surface area contributed by atoms with Gasteiger partial charge in [0.2, 0.25) is 0 Å². The zero-order chi connectivity index (χ0) is 23.0. The zero-order valence-corrected chi connectivity index (χ0v) is 18.0. The first kappa shape index (κ1) is 21.8. The molecular formula is C22H25FN6O3. The quantitative estimate of drug-likeness (QED) is 0.757. The van der Waals surface area contributed by atoms with Gasteiger partial charge in [-0.3, -0.25) is 9.48 Å². The molecule has 9 nitrogen and oxygen atoms in total. The van der Waals surface area contributed by atoms with E-state index in [1.807, 2.05) is 6.92 Å². The number of aliphatic hydroxyl groups excluding tert-OH is 1. The van der Waals surface area contributed by atoms with Crippen LogP contribution in [0.2, 0.25) is 0 Å². The van der Waals surface area contributed by atoms with Crippen molar-refractivity contribution in [1.82, 2.24) is 19.6 Å². The number of urea groups is 1. The third-order valence-electron chi connectivity index (χ3n) is 6.15. The van der Waals surface area contributed by atoms with Gasteiger partial charge in [0, 0.05) is 50.3 Å². The summed E-state index contributed by atoms with van der Waals surface area (Å²) in [6.45, 7) is 3.40. The van der Waals surface area contributed by atoms with E-state index in [1.54, 1.807) is 27.6 Å². The number of nitrogens with zero attached hydrogens (tertiary/aromatic N) is 5. The molecule has 0 fully saturated rings.